The van der Waals surface area contributed by atoms with Crippen molar-refractivity contribution in [1.82, 2.24) is 0 Å². The van der Waals surface area contributed by atoms with Crippen LogP contribution < -0.4 is 5.73 Å². The van der Waals surface area contributed by atoms with Crippen LogP contribution in [0.1, 0.15) is 43.7 Å². The maximum Gasteiger partial charge on any atom is 0.154 e. The number of hydrogen-bond acceptors (Lipinski definition) is 3. The minimum absolute atomic E-state index is 0.0940. The van der Waals surface area contributed by atoms with Gasteiger partial charge in [-0.1, -0.05) is 62.7 Å². The van der Waals surface area contributed by atoms with Gasteiger partial charge in [-0.2, -0.15) is 0 Å². The summed E-state index contributed by atoms with van der Waals surface area (Å²) < 4.78 is 23.9. The van der Waals surface area contributed by atoms with Crippen LogP contribution in [0.3, 0.4) is 0 Å². The fourth-order valence-electron chi connectivity index (χ4n) is 1.84. The number of sulfone groups is 1. The molecule has 0 saturated carbocycles. The predicted octanol–water partition coefficient (Wildman–Crippen LogP) is 2.82. The van der Waals surface area contributed by atoms with E-state index < -0.39 is 9.84 Å². The van der Waals surface area contributed by atoms with Crippen LogP contribution in [0, 0.1) is 0 Å². The van der Waals surface area contributed by atoms with Gasteiger partial charge >= 0.3 is 0 Å². The normalized spacial score (nSPS) is 11.4. The van der Waals surface area contributed by atoms with Gasteiger partial charge in [-0.3, -0.25) is 0 Å². The molecule has 0 bridgehead atoms. The van der Waals surface area contributed by atoms with Crippen LogP contribution in [0.15, 0.2) is 24.3 Å². The van der Waals surface area contributed by atoms with E-state index in [2.05, 4.69) is 6.92 Å². The van der Waals surface area contributed by atoms with E-state index in [1.165, 1.54) is 0 Å². The maximum absolute atomic E-state index is 11.9. The molecule has 0 aromatic heterocycles. The van der Waals surface area contributed by atoms with E-state index in [0.717, 1.165) is 36.8 Å². The van der Waals surface area contributed by atoms with Crippen LogP contribution in [0.25, 0.3) is 0 Å². The molecule has 0 aliphatic carbocycles. The van der Waals surface area contributed by atoms with E-state index in [4.69, 9.17) is 18.0 Å². The summed E-state index contributed by atoms with van der Waals surface area (Å²) in [5.41, 5.74) is 7.05. The molecule has 1 aromatic rings. The first-order valence-electron chi connectivity index (χ1n) is 6.54. The van der Waals surface area contributed by atoms with E-state index in [1.807, 2.05) is 0 Å². The molecule has 0 aliphatic rings. The van der Waals surface area contributed by atoms with Gasteiger partial charge in [0, 0.05) is 5.56 Å². The van der Waals surface area contributed by atoms with E-state index in [0.29, 0.717) is 4.99 Å². The van der Waals surface area contributed by atoms with Crippen molar-refractivity contribution < 1.29 is 8.42 Å². The van der Waals surface area contributed by atoms with Crippen LogP contribution in [-0.2, 0) is 15.6 Å². The van der Waals surface area contributed by atoms with Crippen molar-refractivity contribution in [3.63, 3.8) is 0 Å². The second kappa shape index (κ2) is 7.60. The van der Waals surface area contributed by atoms with Crippen molar-refractivity contribution in [1.29, 1.82) is 0 Å². The highest BCUT2D eigenvalue weighted by molar-refractivity contribution is 7.90. The molecule has 0 radical (unpaired) electrons. The fourth-order valence-corrected chi connectivity index (χ4v) is 3.46. The van der Waals surface area contributed by atoms with Gasteiger partial charge in [0.05, 0.1) is 11.5 Å². The summed E-state index contributed by atoms with van der Waals surface area (Å²) in [6.07, 6.45) is 3.94. The average Bonchev–Trinajstić information content (AvgIpc) is 2.35. The summed E-state index contributed by atoms with van der Waals surface area (Å²) in [6.45, 7) is 2.11. The van der Waals surface area contributed by atoms with Crippen molar-refractivity contribution in [2.45, 2.75) is 38.4 Å². The smallest absolute Gasteiger partial charge is 0.154 e. The summed E-state index contributed by atoms with van der Waals surface area (Å²) in [7, 11) is -3.01. The highest BCUT2D eigenvalue weighted by Gasteiger charge is 2.11. The largest absolute Gasteiger partial charge is 0.389 e. The van der Waals surface area contributed by atoms with Crippen LogP contribution >= 0.6 is 12.2 Å². The lowest BCUT2D eigenvalue weighted by Gasteiger charge is -2.05. The van der Waals surface area contributed by atoms with Crippen molar-refractivity contribution in [3.8, 4) is 0 Å². The molecular formula is C14H21NO2S2. The highest BCUT2D eigenvalue weighted by Crippen LogP contribution is 2.11. The van der Waals surface area contributed by atoms with Crippen molar-refractivity contribution in [2.24, 2.45) is 5.73 Å². The minimum atomic E-state index is -3.01. The Kier molecular flexibility index (Phi) is 6.45. The van der Waals surface area contributed by atoms with Crippen molar-refractivity contribution >= 4 is 27.0 Å². The Hall–Kier alpha value is -0.940. The third-order valence-electron chi connectivity index (χ3n) is 2.93. The standard InChI is InChI=1S/C14H21NO2S2/c1-2-3-4-5-10-19(16,17)11-12-6-8-13(9-7-12)14(15)18/h6-9H,2-5,10-11H2,1H3,(H2,15,18). The molecule has 1 rings (SSSR count). The molecule has 0 saturated heterocycles. The van der Waals surface area contributed by atoms with E-state index in [-0.39, 0.29) is 11.5 Å². The number of hydrogen-bond donors (Lipinski definition) is 1. The van der Waals surface area contributed by atoms with Crippen molar-refractivity contribution in [3.05, 3.63) is 35.4 Å². The van der Waals surface area contributed by atoms with E-state index >= 15 is 0 Å². The van der Waals surface area contributed by atoms with Crippen LogP contribution in [0.5, 0.6) is 0 Å². The number of nitrogens with two attached hydrogens (primary N) is 1. The monoisotopic (exact) mass is 299 g/mol. The zero-order valence-corrected chi connectivity index (χ0v) is 12.9. The third-order valence-corrected chi connectivity index (χ3v) is 4.85. The SMILES string of the molecule is CCCCCCS(=O)(=O)Cc1ccc(C(N)=S)cc1. The zero-order chi connectivity index (χ0) is 14.3. The Balaban J connectivity index is 2.55. The number of thiocarbonyl (C=S) groups is 1. The number of unbranched alkanes of at least 4 members (excludes halogenated alkanes) is 3. The summed E-state index contributed by atoms with van der Waals surface area (Å²) >= 11 is 4.86. The fraction of sp³-hybridized carbons (Fsp3) is 0.500. The summed E-state index contributed by atoms with van der Waals surface area (Å²) in [5, 5.41) is 0. The summed E-state index contributed by atoms with van der Waals surface area (Å²) in [6, 6.07) is 7.09. The minimum Gasteiger partial charge on any atom is -0.389 e. The second-order valence-corrected chi connectivity index (χ2v) is 7.34. The van der Waals surface area contributed by atoms with Gasteiger partial charge in [-0.25, -0.2) is 8.42 Å². The molecule has 19 heavy (non-hydrogen) atoms. The molecule has 0 atom stereocenters. The maximum atomic E-state index is 11.9. The van der Waals surface area contributed by atoms with Gasteiger partial charge in [-0.05, 0) is 12.0 Å². The number of benzene rings is 1. The Labute approximate surface area is 121 Å². The molecular weight excluding hydrogens is 278 g/mol. The van der Waals surface area contributed by atoms with E-state index in [1.54, 1.807) is 24.3 Å². The molecule has 2 N–H and O–H groups in total. The molecule has 0 heterocycles. The Morgan fingerprint density at radius 2 is 1.79 bits per heavy atom. The lowest BCUT2D eigenvalue weighted by atomic mass is 10.1. The zero-order valence-electron chi connectivity index (χ0n) is 11.3. The van der Waals surface area contributed by atoms with Gasteiger partial charge in [0.15, 0.2) is 9.84 Å². The molecule has 1 aromatic carbocycles. The first kappa shape index (κ1) is 16.1. The lowest BCUT2D eigenvalue weighted by Crippen LogP contribution is -2.11. The first-order chi connectivity index (χ1) is 8.94. The Morgan fingerprint density at radius 1 is 1.16 bits per heavy atom. The highest BCUT2D eigenvalue weighted by atomic mass is 32.2. The van der Waals surface area contributed by atoms with Gasteiger partial charge in [-0.15, -0.1) is 0 Å². The molecule has 3 nitrogen and oxygen atoms in total. The molecule has 0 fully saturated rings. The van der Waals surface area contributed by atoms with E-state index in [9.17, 15) is 8.42 Å². The van der Waals surface area contributed by atoms with Gasteiger partial charge in [0.25, 0.3) is 0 Å². The predicted molar refractivity (Wildman–Crippen MR) is 84.0 cm³/mol. The van der Waals surface area contributed by atoms with Crippen LogP contribution in [0.4, 0.5) is 0 Å². The third kappa shape index (κ3) is 6.16. The molecule has 106 valence electrons. The second-order valence-electron chi connectivity index (χ2n) is 4.71. The molecule has 0 aliphatic heterocycles. The molecule has 0 unspecified atom stereocenters. The average molecular weight is 299 g/mol. The quantitative estimate of drug-likeness (QED) is 0.592. The Morgan fingerprint density at radius 3 is 2.32 bits per heavy atom. The van der Waals surface area contributed by atoms with Gasteiger partial charge < -0.3 is 5.73 Å². The molecule has 5 heteroatoms. The van der Waals surface area contributed by atoms with Gasteiger partial charge in [0.2, 0.25) is 0 Å². The van der Waals surface area contributed by atoms with Crippen LogP contribution in [0.2, 0.25) is 0 Å². The Bertz CT molecular complexity index is 507. The summed E-state index contributed by atoms with van der Waals surface area (Å²) in [4.78, 5) is 0.328. The van der Waals surface area contributed by atoms with Gasteiger partial charge in [0.1, 0.15) is 4.99 Å². The lowest BCUT2D eigenvalue weighted by molar-refractivity contribution is 0.588. The van der Waals surface area contributed by atoms with Crippen molar-refractivity contribution in [2.75, 3.05) is 5.75 Å². The molecule has 0 amide bonds. The van der Waals surface area contributed by atoms with Crippen LogP contribution in [-0.4, -0.2) is 19.2 Å². The first-order valence-corrected chi connectivity index (χ1v) is 8.77. The summed E-state index contributed by atoms with van der Waals surface area (Å²) in [5.74, 6) is 0.362. The molecule has 0 spiro atoms. The topological polar surface area (TPSA) is 60.2 Å². The number of rotatable bonds is 8.